The Morgan fingerprint density at radius 3 is 2.34 bits per heavy atom. The van der Waals surface area contributed by atoms with Gasteiger partial charge in [-0.25, -0.2) is 0 Å². The van der Waals surface area contributed by atoms with Crippen molar-refractivity contribution in [3.05, 3.63) is 89.3 Å². The van der Waals surface area contributed by atoms with Gasteiger partial charge in [0, 0.05) is 7.05 Å². The first-order valence-corrected chi connectivity index (χ1v) is 10.5. The molecule has 6 nitrogen and oxygen atoms in total. The van der Waals surface area contributed by atoms with Gasteiger partial charge in [-0.05, 0) is 48.9 Å². The lowest BCUT2D eigenvalue weighted by Crippen LogP contribution is -2.31. The van der Waals surface area contributed by atoms with Gasteiger partial charge in [0.15, 0.2) is 0 Å². The highest BCUT2D eigenvalue weighted by molar-refractivity contribution is 6.01. The summed E-state index contributed by atoms with van der Waals surface area (Å²) in [5, 5.41) is 5.97. The smallest absolute Gasteiger partial charge is 0.257 e. The Hall–Kier alpha value is -3.80. The van der Waals surface area contributed by atoms with E-state index in [9.17, 15) is 4.79 Å². The molecule has 0 saturated heterocycles. The molecular formula is C26H26N2O4. The fourth-order valence-electron chi connectivity index (χ4n) is 3.49. The van der Waals surface area contributed by atoms with Crippen molar-refractivity contribution >= 4 is 16.7 Å². The number of hydrogen-bond donors (Lipinski definition) is 0. The summed E-state index contributed by atoms with van der Waals surface area (Å²) in [7, 11) is 1.77. The van der Waals surface area contributed by atoms with Crippen LogP contribution in [0.2, 0.25) is 0 Å². The van der Waals surface area contributed by atoms with Gasteiger partial charge >= 0.3 is 0 Å². The van der Waals surface area contributed by atoms with Crippen LogP contribution in [0.4, 0.5) is 0 Å². The van der Waals surface area contributed by atoms with Crippen LogP contribution in [-0.4, -0.2) is 36.2 Å². The second-order valence-corrected chi connectivity index (χ2v) is 7.68. The van der Waals surface area contributed by atoms with Gasteiger partial charge in [0.25, 0.3) is 5.91 Å². The Balaban J connectivity index is 1.53. The van der Waals surface area contributed by atoms with Gasteiger partial charge in [-0.15, -0.1) is 0 Å². The summed E-state index contributed by atoms with van der Waals surface area (Å²) in [5.74, 6) is 1.90. The second kappa shape index (κ2) is 9.56. The minimum atomic E-state index is -0.124. The predicted molar refractivity (Wildman–Crippen MR) is 123 cm³/mol. The third-order valence-corrected chi connectivity index (χ3v) is 5.42. The molecule has 0 fully saturated rings. The van der Waals surface area contributed by atoms with Crippen molar-refractivity contribution in [2.75, 3.05) is 20.2 Å². The molecule has 4 aromatic rings. The second-order valence-electron chi connectivity index (χ2n) is 7.68. The number of carbonyl (C=O) groups excluding carboxylic acids is 1. The highest BCUT2D eigenvalue weighted by atomic mass is 16.5. The summed E-state index contributed by atoms with van der Waals surface area (Å²) < 4.78 is 17.1. The number of carbonyl (C=O) groups is 1. The molecule has 0 aliphatic rings. The van der Waals surface area contributed by atoms with E-state index in [2.05, 4.69) is 5.16 Å². The molecule has 0 bridgehead atoms. The van der Waals surface area contributed by atoms with Crippen molar-refractivity contribution in [2.45, 2.75) is 20.5 Å². The van der Waals surface area contributed by atoms with Gasteiger partial charge in [0.05, 0.1) is 23.4 Å². The van der Waals surface area contributed by atoms with Crippen LogP contribution in [0.5, 0.6) is 11.5 Å². The zero-order chi connectivity index (χ0) is 22.5. The maximum absolute atomic E-state index is 13.3. The summed E-state index contributed by atoms with van der Waals surface area (Å²) in [6.45, 7) is 4.85. The van der Waals surface area contributed by atoms with Crippen LogP contribution < -0.4 is 9.47 Å². The highest BCUT2D eigenvalue weighted by Gasteiger charge is 2.19. The summed E-state index contributed by atoms with van der Waals surface area (Å²) in [5.41, 5.74) is 2.19. The average molecular weight is 431 g/mol. The molecule has 1 amide bonds. The van der Waals surface area contributed by atoms with Crippen LogP contribution in [0.1, 0.15) is 27.4 Å². The lowest BCUT2D eigenvalue weighted by atomic mass is 10.0. The Morgan fingerprint density at radius 1 is 0.969 bits per heavy atom. The average Bonchev–Trinajstić information content (AvgIpc) is 3.14. The van der Waals surface area contributed by atoms with E-state index in [1.807, 2.05) is 80.6 Å². The molecule has 3 aromatic carbocycles. The molecule has 0 N–H and O–H groups in total. The molecule has 1 heterocycles. The molecule has 32 heavy (non-hydrogen) atoms. The molecule has 0 saturated carbocycles. The van der Waals surface area contributed by atoms with E-state index < -0.39 is 0 Å². The van der Waals surface area contributed by atoms with Gasteiger partial charge in [-0.2, -0.15) is 0 Å². The Labute approximate surface area is 187 Å². The van der Waals surface area contributed by atoms with Crippen molar-refractivity contribution < 1.29 is 18.8 Å². The van der Waals surface area contributed by atoms with Crippen molar-refractivity contribution in [1.29, 1.82) is 0 Å². The summed E-state index contributed by atoms with van der Waals surface area (Å²) in [6, 6.07) is 21.3. The maximum atomic E-state index is 13.3. The Morgan fingerprint density at radius 2 is 1.66 bits per heavy atom. The van der Waals surface area contributed by atoms with Crippen molar-refractivity contribution in [2.24, 2.45) is 0 Å². The maximum Gasteiger partial charge on any atom is 0.257 e. The highest BCUT2D eigenvalue weighted by Crippen LogP contribution is 2.28. The van der Waals surface area contributed by atoms with E-state index in [0.717, 1.165) is 27.8 Å². The van der Waals surface area contributed by atoms with Crippen molar-refractivity contribution in [3.63, 3.8) is 0 Å². The number of likely N-dealkylation sites (N-methyl/N-ethyl adjacent to an activating group) is 1. The summed E-state index contributed by atoms with van der Waals surface area (Å²) in [6.07, 6.45) is 0. The number of aromatic nitrogens is 1. The lowest BCUT2D eigenvalue weighted by Gasteiger charge is -2.20. The molecular weight excluding hydrogens is 404 g/mol. The number of fused-ring (bicyclic) bond motifs is 1. The molecule has 4 rings (SSSR count). The number of nitrogens with zero attached hydrogens (tertiary/aromatic N) is 2. The summed E-state index contributed by atoms with van der Waals surface area (Å²) in [4.78, 5) is 15.0. The largest absolute Gasteiger partial charge is 0.492 e. The zero-order valence-electron chi connectivity index (χ0n) is 18.5. The molecule has 0 atom stereocenters. The number of ether oxygens (including phenoxy) is 2. The standard InChI is InChI=1S/C26H26N2O4/c1-18-24(19(2)32-27-18)17-31-25-16-21-10-8-7-9-20(21)15-23(25)26(29)28(3)13-14-30-22-11-5-4-6-12-22/h4-12,15-16H,13-14,17H2,1-3H3. The van der Waals surface area contributed by atoms with E-state index >= 15 is 0 Å². The fourth-order valence-corrected chi connectivity index (χ4v) is 3.49. The summed E-state index contributed by atoms with van der Waals surface area (Å²) >= 11 is 0. The lowest BCUT2D eigenvalue weighted by molar-refractivity contribution is 0.0769. The minimum Gasteiger partial charge on any atom is -0.492 e. The first kappa shape index (κ1) is 21.4. The van der Waals surface area contributed by atoms with Crippen LogP contribution in [0.3, 0.4) is 0 Å². The third kappa shape index (κ3) is 4.75. The van der Waals surface area contributed by atoms with E-state index in [1.165, 1.54) is 0 Å². The van der Waals surface area contributed by atoms with Crippen LogP contribution in [0.25, 0.3) is 10.8 Å². The number of aryl methyl sites for hydroxylation is 2. The van der Waals surface area contributed by atoms with Crippen molar-refractivity contribution in [1.82, 2.24) is 10.1 Å². The van der Waals surface area contributed by atoms with E-state index in [4.69, 9.17) is 14.0 Å². The first-order chi connectivity index (χ1) is 15.5. The van der Waals surface area contributed by atoms with E-state index in [-0.39, 0.29) is 12.5 Å². The fraction of sp³-hybridized carbons (Fsp3) is 0.231. The van der Waals surface area contributed by atoms with Gasteiger partial charge in [-0.3, -0.25) is 4.79 Å². The molecule has 0 aliphatic heterocycles. The van der Waals surface area contributed by atoms with Gasteiger partial charge in [0.1, 0.15) is 30.5 Å². The molecule has 0 spiro atoms. The van der Waals surface area contributed by atoms with E-state index in [1.54, 1.807) is 11.9 Å². The Kier molecular flexibility index (Phi) is 6.40. The number of rotatable bonds is 8. The molecule has 0 aliphatic carbocycles. The van der Waals surface area contributed by atoms with Crippen LogP contribution >= 0.6 is 0 Å². The molecule has 164 valence electrons. The zero-order valence-corrected chi connectivity index (χ0v) is 18.5. The normalized spacial score (nSPS) is 10.8. The molecule has 0 unspecified atom stereocenters. The molecule has 1 aromatic heterocycles. The predicted octanol–water partition coefficient (Wildman–Crippen LogP) is 5.17. The number of hydrogen-bond acceptors (Lipinski definition) is 5. The van der Waals surface area contributed by atoms with E-state index in [0.29, 0.717) is 30.2 Å². The minimum absolute atomic E-state index is 0.124. The quantitative estimate of drug-likeness (QED) is 0.386. The first-order valence-electron chi connectivity index (χ1n) is 10.5. The van der Waals surface area contributed by atoms with Crippen LogP contribution in [0, 0.1) is 13.8 Å². The molecule has 0 radical (unpaired) electrons. The number of benzene rings is 3. The third-order valence-electron chi connectivity index (χ3n) is 5.42. The van der Waals surface area contributed by atoms with Crippen molar-refractivity contribution in [3.8, 4) is 11.5 Å². The monoisotopic (exact) mass is 430 g/mol. The molecule has 6 heteroatoms. The number of para-hydroxylation sites is 1. The Bertz CT molecular complexity index is 1200. The van der Waals surface area contributed by atoms with Gasteiger partial charge in [-0.1, -0.05) is 47.6 Å². The number of amides is 1. The van der Waals surface area contributed by atoms with Gasteiger partial charge < -0.3 is 18.9 Å². The van der Waals surface area contributed by atoms with Crippen LogP contribution in [-0.2, 0) is 6.61 Å². The van der Waals surface area contributed by atoms with Gasteiger partial charge in [0.2, 0.25) is 0 Å². The van der Waals surface area contributed by atoms with Crippen LogP contribution in [0.15, 0.2) is 71.3 Å². The SMILES string of the molecule is Cc1noc(C)c1COc1cc2ccccc2cc1C(=O)N(C)CCOc1ccccc1. The topological polar surface area (TPSA) is 64.8 Å².